The fraction of sp³-hybridized carbons (Fsp3) is 0.375. The molecule has 2 N–H and O–H groups in total. The number of methoxy groups -OCH3 is 4. The lowest BCUT2D eigenvalue weighted by Gasteiger charge is -2.13. The van der Waals surface area contributed by atoms with Gasteiger partial charge in [-0.2, -0.15) is 0 Å². The predicted octanol–water partition coefficient (Wildman–Crippen LogP) is 2.25. The van der Waals surface area contributed by atoms with Crippen molar-refractivity contribution in [1.82, 2.24) is 10.3 Å². The molecule has 2 aromatic rings. The van der Waals surface area contributed by atoms with Crippen molar-refractivity contribution in [2.75, 3.05) is 40.3 Å². The van der Waals surface area contributed by atoms with E-state index in [0.717, 1.165) is 5.69 Å². The Labute approximate surface area is 150 Å². The largest absolute Gasteiger partial charge is 0.493 e. The first-order valence-electron chi connectivity index (χ1n) is 7.39. The van der Waals surface area contributed by atoms with Crippen LogP contribution in [0.15, 0.2) is 23.6 Å². The minimum atomic E-state index is -0.494. The maximum Gasteiger partial charge on any atom is 0.271 e. The maximum absolute atomic E-state index is 12.1. The highest BCUT2D eigenvalue weighted by Crippen LogP contribution is 2.31. The Balaban J connectivity index is 2.00. The van der Waals surface area contributed by atoms with Gasteiger partial charge in [0.1, 0.15) is 5.69 Å². The third-order valence-electron chi connectivity index (χ3n) is 3.33. The molecule has 1 aromatic carbocycles. The van der Waals surface area contributed by atoms with E-state index < -0.39 is 6.29 Å². The van der Waals surface area contributed by atoms with Gasteiger partial charge in [-0.25, -0.2) is 4.98 Å². The van der Waals surface area contributed by atoms with Crippen molar-refractivity contribution in [3.63, 3.8) is 0 Å². The number of hydrogen-bond acceptors (Lipinski definition) is 8. The topological polar surface area (TPSA) is 90.9 Å². The van der Waals surface area contributed by atoms with Gasteiger partial charge >= 0.3 is 0 Å². The summed E-state index contributed by atoms with van der Waals surface area (Å²) in [5, 5.41) is 8.10. The van der Waals surface area contributed by atoms with Gasteiger partial charge in [0.05, 0.1) is 20.8 Å². The van der Waals surface area contributed by atoms with E-state index >= 15 is 0 Å². The van der Waals surface area contributed by atoms with E-state index in [1.54, 1.807) is 31.7 Å². The van der Waals surface area contributed by atoms with E-state index in [-0.39, 0.29) is 12.5 Å². The molecular weight excluding hydrogens is 346 g/mol. The molecule has 25 heavy (non-hydrogen) atoms. The van der Waals surface area contributed by atoms with Crippen LogP contribution in [0.1, 0.15) is 10.5 Å². The molecule has 2 rings (SSSR count). The van der Waals surface area contributed by atoms with Crippen LogP contribution >= 0.6 is 11.3 Å². The van der Waals surface area contributed by atoms with Crippen molar-refractivity contribution in [2.45, 2.75) is 6.29 Å². The summed E-state index contributed by atoms with van der Waals surface area (Å²) in [7, 11) is 6.16. The second kappa shape index (κ2) is 9.21. The normalized spacial score (nSPS) is 10.6. The van der Waals surface area contributed by atoms with Gasteiger partial charge < -0.3 is 29.6 Å². The molecule has 136 valence electrons. The number of nitrogens with one attached hydrogen (secondary N) is 2. The molecule has 1 heterocycles. The van der Waals surface area contributed by atoms with Gasteiger partial charge in [0.25, 0.3) is 5.91 Å². The third-order valence-corrected chi connectivity index (χ3v) is 4.08. The molecule has 0 aliphatic rings. The molecule has 1 aromatic heterocycles. The number of hydrogen-bond donors (Lipinski definition) is 2. The minimum Gasteiger partial charge on any atom is -0.493 e. The average molecular weight is 367 g/mol. The van der Waals surface area contributed by atoms with Gasteiger partial charge in [-0.15, -0.1) is 11.3 Å². The number of benzene rings is 1. The first-order valence-corrected chi connectivity index (χ1v) is 8.27. The number of aromatic nitrogens is 1. The van der Waals surface area contributed by atoms with Crippen LogP contribution in [0.3, 0.4) is 0 Å². The summed E-state index contributed by atoms with van der Waals surface area (Å²) in [6.07, 6.45) is -0.494. The van der Waals surface area contributed by atoms with Crippen LogP contribution in [0.2, 0.25) is 0 Å². The Morgan fingerprint density at radius 2 is 1.88 bits per heavy atom. The highest BCUT2D eigenvalue weighted by atomic mass is 32.1. The first-order chi connectivity index (χ1) is 12.1. The van der Waals surface area contributed by atoms with Crippen molar-refractivity contribution in [3.8, 4) is 11.5 Å². The van der Waals surface area contributed by atoms with Gasteiger partial charge in [0.15, 0.2) is 22.9 Å². The summed E-state index contributed by atoms with van der Waals surface area (Å²) < 4.78 is 20.5. The average Bonchev–Trinajstić information content (AvgIpc) is 3.10. The quantitative estimate of drug-likeness (QED) is 0.657. The second-order valence-corrected chi connectivity index (χ2v) is 5.70. The number of carbonyl (C=O) groups excluding carboxylic acids is 1. The number of rotatable bonds is 9. The zero-order valence-corrected chi connectivity index (χ0v) is 15.3. The highest BCUT2D eigenvalue weighted by molar-refractivity contribution is 7.14. The summed E-state index contributed by atoms with van der Waals surface area (Å²) in [5.74, 6) is 0.945. The number of anilines is 2. The molecule has 0 aliphatic carbocycles. The molecule has 9 heteroatoms. The minimum absolute atomic E-state index is 0.238. The molecule has 0 atom stereocenters. The molecule has 0 radical (unpaired) electrons. The van der Waals surface area contributed by atoms with Crippen LogP contribution < -0.4 is 20.1 Å². The van der Waals surface area contributed by atoms with Crippen molar-refractivity contribution < 1.29 is 23.7 Å². The Hall–Kier alpha value is -2.36. The molecule has 0 bridgehead atoms. The number of thiazole rings is 1. The summed E-state index contributed by atoms with van der Waals surface area (Å²) in [6.45, 7) is 0.238. The van der Waals surface area contributed by atoms with Crippen LogP contribution in [-0.4, -0.2) is 52.2 Å². The van der Waals surface area contributed by atoms with E-state index in [2.05, 4.69) is 15.6 Å². The number of nitrogens with zero attached hydrogens (tertiary/aromatic N) is 1. The maximum atomic E-state index is 12.1. The molecule has 0 fully saturated rings. The van der Waals surface area contributed by atoms with Gasteiger partial charge in [0.2, 0.25) is 0 Å². The molecule has 0 saturated carbocycles. The fourth-order valence-corrected chi connectivity index (χ4v) is 2.71. The van der Waals surface area contributed by atoms with Crippen LogP contribution in [-0.2, 0) is 9.47 Å². The summed E-state index contributed by atoms with van der Waals surface area (Å²) in [6, 6.07) is 5.42. The van der Waals surface area contributed by atoms with Crippen molar-refractivity contribution >= 4 is 28.1 Å². The van der Waals surface area contributed by atoms with Crippen molar-refractivity contribution in [2.24, 2.45) is 0 Å². The van der Waals surface area contributed by atoms with Gasteiger partial charge in [-0.3, -0.25) is 4.79 Å². The summed E-state index contributed by atoms with van der Waals surface area (Å²) >= 11 is 1.32. The molecule has 0 saturated heterocycles. The molecule has 0 unspecified atom stereocenters. The van der Waals surface area contributed by atoms with E-state index in [0.29, 0.717) is 22.3 Å². The molecular formula is C16H21N3O5S. The van der Waals surface area contributed by atoms with Gasteiger partial charge in [-0.05, 0) is 12.1 Å². The van der Waals surface area contributed by atoms with E-state index in [4.69, 9.17) is 18.9 Å². The molecule has 0 aliphatic heterocycles. The Morgan fingerprint density at radius 3 is 2.52 bits per heavy atom. The van der Waals surface area contributed by atoms with Gasteiger partial charge in [-0.1, -0.05) is 0 Å². The summed E-state index contributed by atoms with van der Waals surface area (Å²) in [4.78, 5) is 16.4. The standard InChI is InChI=1S/C16H21N3O5S/c1-21-12-6-5-10(7-13(12)22-2)18-16-19-11(9-25-16)15(20)17-8-14(23-3)24-4/h5-7,9,14H,8H2,1-4H3,(H,17,20)(H,18,19). The van der Waals surface area contributed by atoms with Crippen LogP contribution in [0.25, 0.3) is 0 Å². The Kier molecular flexibility index (Phi) is 6.99. The zero-order chi connectivity index (χ0) is 18.2. The molecule has 0 spiro atoms. The lowest BCUT2D eigenvalue weighted by atomic mass is 10.3. The lowest BCUT2D eigenvalue weighted by Crippen LogP contribution is -2.34. The first kappa shape index (κ1) is 19.0. The van der Waals surface area contributed by atoms with Crippen molar-refractivity contribution in [3.05, 3.63) is 29.3 Å². The summed E-state index contributed by atoms with van der Waals surface area (Å²) in [5.41, 5.74) is 1.09. The predicted molar refractivity (Wildman–Crippen MR) is 95.1 cm³/mol. The monoisotopic (exact) mass is 367 g/mol. The highest BCUT2D eigenvalue weighted by Gasteiger charge is 2.14. The second-order valence-electron chi connectivity index (χ2n) is 4.84. The SMILES string of the molecule is COc1ccc(Nc2nc(C(=O)NCC(OC)OC)cs2)cc1OC. The third kappa shape index (κ3) is 5.05. The fourth-order valence-electron chi connectivity index (χ4n) is 2.00. The van der Waals surface area contributed by atoms with Crippen LogP contribution in [0.4, 0.5) is 10.8 Å². The Bertz CT molecular complexity index is 703. The van der Waals surface area contributed by atoms with Gasteiger partial charge in [0, 0.05) is 31.4 Å². The number of ether oxygens (including phenoxy) is 4. The van der Waals surface area contributed by atoms with Crippen LogP contribution in [0, 0.1) is 0 Å². The van der Waals surface area contributed by atoms with E-state index in [1.807, 2.05) is 6.07 Å². The molecule has 1 amide bonds. The lowest BCUT2D eigenvalue weighted by molar-refractivity contribution is -0.0974. The van der Waals surface area contributed by atoms with Crippen LogP contribution in [0.5, 0.6) is 11.5 Å². The van der Waals surface area contributed by atoms with Crippen molar-refractivity contribution in [1.29, 1.82) is 0 Å². The van der Waals surface area contributed by atoms with E-state index in [9.17, 15) is 4.79 Å². The Morgan fingerprint density at radius 1 is 1.16 bits per heavy atom. The number of carbonyl (C=O) groups is 1. The van der Waals surface area contributed by atoms with E-state index in [1.165, 1.54) is 25.6 Å². The zero-order valence-electron chi connectivity index (χ0n) is 14.5. The molecule has 8 nitrogen and oxygen atoms in total. The number of amides is 1. The smallest absolute Gasteiger partial charge is 0.271 e.